The van der Waals surface area contributed by atoms with Gasteiger partial charge >= 0.3 is 0 Å². The lowest BCUT2D eigenvalue weighted by molar-refractivity contribution is -0.123. The first kappa shape index (κ1) is 23.0. The molecule has 0 bridgehead atoms. The average molecular weight is 478 g/mol. The zero-order valence-corrected chi connectivity index (χ0v) is 18.8. The van der Waals surface area contributed by atoms with Crippen LogP contribution in [0.4, 0.5) is 0 Å². The molecule has 2 amide bonds. The maximum Gasteiger partial charge on any atom is 0.258 e. The van der Waals surface area contributed by atoms with E-state index < -0.39 is 0 Å². The van der Waals surface area contributed by atoms with Crippen molar-refractivity contribution in [3.05, 3.63) is 64.1 Å². The third-order valence-electron chi connectivity index (χ3n) is 3.55. The summed E-state index contributed by atoms with van der Waals surface area (Å²) >= 11 is 5.02. The summed E-state index contributed by atoms with van der Waals surface area (Å²) in [6, 6.07) is 15.1. The molecule has 0 heterocycles. The molecule has 0 radical (unpaired) electrons. The van der Waals surface area contributed by atoms with E-state index in [-0.39, 0.29) is 24.5 Å². The standard InChI is InChI=1S/C21H24BrN3O3S/c1-15(2)24-20(26)12-28-18-9-7-16(8-10-18)11-23-25-21(27)14-29-13-17-5-3-4-6-19(17)22/h3-11,15H,12-14H2,1-2H3,(H,24,26)(H,25,27)/b23-11-. The Morgan fingerprint density at radius 3 is 2.55 bits per heavy atom. The molecule has 0 aromatic heterocycles. The van der Waals surface area contributed by atoms with E-state index in [0.29, 0.717) is 11.5 Å². The van der Waals surface area contributed by atoms with Gasteiger partial charge in [-0.15, -0.1) is 11.8 Å². The number of carbonyl (C=O) groups is 2. The van der Waals surface area contributed by atoms with E-state index >= 15 is 0 Å². The first-order valence-corrected chi connectivity index (χ1v) is 11.0. The predicted molar refractivity (Wildman–Crippen MR) is 121 cm³/mol. The quantitative estimate of drug-likeness (QED) is 0.403. The van der Waals surface area contributed by atoms with Crippen LogP contribution in [0, 0.1) is 0 Å². The molecule has 0 spiro atoms. The smallest absolute Gasteiger partial charge is 0.258 e. The minimum Gasteiger partial charge on any atom is -0.484 e. The third kappa shape index (κ3) is 9.15. The lowest BCUT2D eigenvalue weighted by Crippen LogP contribution is -2.34. The molecule has 0 atom stereocenters. The summed E-state index contributed by atoms with van der Waals surface area (Å²) in [7, 11) is 0. The third-order valence-corrected chi connectivity index (χ3v) is 5.31. The molecule has 2 rings (SSSR count). The number of halogens is 1. The van der Waals surface area contributed by atoms with Crippen LogP contribution in [0.2, 0.25) is 0 Å². The number of hydrazone groups is 1. The van der Waals surface area contributed by atoms with Gasteiger partial charge < -0.3 is 10.1 Å². The van der Waals surface area contributed by atoms with Crippen LogP contribution in [0.5, 0.6) is 5.75 Å². The molecule has 0 saturated heterocycles. The second-order valence-corrected chi connectivity index (χ2v) is 8.30. The molecule has 0 saturated carbocycles. The Morgan fingerprint density at radius 1 is 1.14 bits per heavy atom. The summed E-state index contributed by atoms with van der Waals surface area (Å²) in [5, 5.41) is 6.73. The number of thioether (sulfide) groups is 1. The van der Waals surface area contributed by atoms with Gasteiger partial charge in [0, 0.05) is 16.3 Å². The summed E-state index contributed by atoms with van der Waals surface area (Å²) in [6.07, 6.45) is 1.56. The predicted octanol–water partition coefficient (Wildman–Crippen LogP) is 3.74. The van der Waals surface area contributed by atoms with Crippen molar-refractivity contribution in [1.82, 2.24) is 10.7 Å². The Bertz CT molecular complexity index is 841. The fraction of sp³-hybridized carbons (Fsp3) is 0.286. The highest BCUT2D eigenvalue weighted by Gasteiger charge is 2.05. The normalized spacial score (nSPS) is 10.9. The molecule has 0 aliphatic carbocycles. The number of benzene rings is 2. The van der Waals surface area contributed by atoms with Gasteiger partial charge in [-0.25, -0.2) is 5.43 Å². The van der Waals surface area contributed by atoms with Gasteiger partial charge in [0.2, 0.25) is 5.91 Å². The molecule has 0 aliphatic heterocycles. The van der Waals surface area contributed by atoms with Crippen LogP contribution < -0.4 is 15.5 Å². The van der Waals surface area contributed by atoms with Crippen molar-refractivity contribution >= 4 is 45.7 Å². The van der Waals surface area contributed by atoms with Crippen molar-refractivity contribution in [2.45, 2.75) is 25.6 Å². The molecule has 0 fully saturated rings. The Morgan fingerprint density at radius 2 is 1.86 bits per heavy atom. The minimum atomic E-state index is -0.161. The fourth-order valence-corrected chi connectivity index (χ4v) is 3.68. The molecule has 2 aromatic carbocycles. The second-order valence-electron chi connectivity index (χ2n) is 6.46. The van der Waals surface area contributed by atoms with Gasteiger partial charge in [0.25, 0.3) is 5.91 Å². The molecule has 2 aromatic rings. The molecule has 0 unspecified atom stereocenters. The molecule has 29 heavy (non-hydrogen) atoms. The number of nitrogens with one attached hydrogen (secondary N) is 2. The number of rotatable bonds is 10. The van der Waals surface area contributed by atoms with Crippen molar-refractivity contribution in [2.75, 3.05) is 12.4 Å². The van der Waals surface area contributed by atoms with Crippen LogP contribution in [0.1, 0.15) is 25.0 Å². The second kappa shape index (κ2) is 12.3. The number of hydrogen-bond donors (Lipinski definition) is 2. The molecule has 0 aliphatic rings. The number of ether oxygens (including phenoxy) is 1. The summed E-state index contributed by atoms with van der Waals surface area (Å²) in [4.78, 5) is 23.4. The number of nitrogens with zero attached hydrogens (tertiary/aromatic N) is 1. The van der Waals surface area contributed by atoms with Crippen molar-refractivity contribution in [3.8, 4) is 5.75 Å². The van der Waals surface area contributed by atoms with Gasteiger partial charge in [0.05, 0.1) is 12.0 Å². The summed E-state index contributed by atoms with van der Waals surface area (Å²) < 4.78 is 6.46. The van der Waals surface area contributed by atoms with E-state index in [9.17, 15) is 9.59 Å². The maximum absolute atomic E-state index is 11.9. The molecule has 8 heteroatoms. The molecular formula is C21H24BrN3O3S. The first-order valence-electron chi connectivity index (χ1n) is 9.09. The summed E-state index contributed by atoms with van der Waals surface area (Å²) in [6.45, 7) is 3.76. The molecule has 2 N–H and O–H groups in total. The van der Waals surface area contributed by atoms with Gasteiger partial charge in [0.15, 0.2) is 6.61 Å². The monoisotopic (exact) mass is 477 g/mol. The number of carbonyl (C=O) groups excluding carboxylic acids is 2. The van der Waals surface area contributed by atoms with Gasteiger partial charge in [-0.2, -0.15) is 5.10 Å². The number of hydrogen-bond acceptors (Lipinski definition) is 5. The van der Waals surface area contributed by atoms with Crippen LogP contribution in [0.25, 0.3) is 0 Å². The van der Waals surface area contributed by atoms with E-state index in [1.807, 2.05) is 38.1 Å². The van der Waals surface area contributed by atoms with Gasteiger partial charge in [-0.1, -0.05) is 34.1 Å². The van der Waals surface area contributed by atoms with Crippen LogP contribution in [0.15, 0.2) is 58.1 Å². The highest BCUT2D eigenvalue weighted by Crippen LogP contribution is 2.21. The van der Waals surface area contributed by atoms with Crippen LogP contribution >= 0.6 is 27.7 Å². The molecular weight excluding hydrogens is 454 g/mol. The van der Waals surface area contributed by atoms with Crippen molar-refractivity contribution in [1.29, 1.82) is 0 Å². The summed E-state index contributed by atoms with van der Waals surface area (Å²) in [5.41, 5.74) is 4.48. The summed E-state index contributed by atoms with van der Waals surface area (Å²) in [5.74, 6) is 1.34. The highest BCUT2D eigenvalue weighted by molar-refractivity contribution is 9.10. The largest absolute Gasteiger partial charge is 0.484 e. The lowest BCUT2D eigenvalue weighted by atomic mass is 10.2. The first-order chi connectivity index (χ1) is 13.9. The molecule has 6 nitrogen and oxygen atoms in total. The van der Waals surface area contributed by atoms with Crippen molar-refractivity contribution in [3.63, 3.8) is 0 Å². The van der Waals surface area contributed by atoms with Crippen LogP contribution in [-0.2, 0) is 15.3 Å². The number of amides is 2. The van der Waals surface area contributed by atoms with E-state index in [2.05, 4.69) is 31.8 Å². The van der Waals surface area contributed by atoms with Crippen LogP contribution in [-0.4, -0.2) is 36.4 Å². The fourth-order valence-electron chi connectivity index (χ4n) is 2.24. The Balaban J connectivity index is 1.69. The average Bonchev–Trinajstić information content (AvgIpc) is 2.68. The van der Waals surface area contributed by atoms with E-state index in [0.717, 1.165) is 21.4 Å². The van der Waals surface area contributed by atoms with E-state index in [1.165, 1.54) is 11.8 Å². The maximum atomic E-state index is 11.9. The minimum absolute atomic E-state index is 0.0289. The highest BCUT2D eigenvalue weighted by atomic mass is 79.9. The van der Waals surface area contributed by atoms with Crippen molar-refractivity contribution < 1.29 is 14.3 Å². The van der Waals surface area contributed by atoms with Gasteiger partial charge in [0.1, 0.15) is 5.75 Å². The molecule has 154 valence electrons. The Hall–Kier alpha value is -2.32. The topological polar surface area (TPSA) is 79.8 Å². The SMILES string of the molecule is CC(C)NC(=O)COc1ccc(/C=N\NC(=O)CSCc2ccccc2Br)cc1. The van der Waals surface area contributed by atoms with E-state index in [1.54, 1.807) is 30.5 Å². The van der Waals surface area contributed by atoms with Crippen LogP contribution in [0.3, 0.4) is 0 Å². The lowest BCUT2D eigenvalue weighted by Gasteiger charge is -2.09. The Kier molecular flexibility index (Phi) is 9.73. The van der Waals surface area contributed by atoms with Gasteiger partial charge in [-0.3, -0.25) is 9.59 Å². The van der Waals surface area contributed by atoms with Gasteiger partial charge in [-0.05, 0) is 55.3 Å². The zero-order chi connectivity index (χ0) is 21.1. The van der Waals surface area contributed by atoms with Crippen molar-refractivity contribution in [2.24, 2.45) is 5.10 Å². The zero-order valence-electron chi connectivity index (χ0n) is 16.4. The Labute approximate surface area is 183 Å². The van der Waals surface area contributed by atoms with E-state index in [4.69, 9.17) is 4.74 Å².